The average Bonchev–Trinajstić information content (AvgIpc) is 3.14. The number of benzene rings is 2. The van der Waals surface area contributed by atoms with Gasteiger partial charge >= 0.3 is 5.97 Å². The zero-order valence-electron chi connectivity index (χ0n) is 15.0. The minimum atomic E-state index is -3.86. The van der Waals surface area contributed by atoms with Crippen LogP contribution in [0.4, 0.5) is 5.69 Å². The third kappa shape index (κ3) is 5.25. The molecule has 1 aromatic heterocycles. The number of carbonyl (C=O) groups is 1. The first-order valence-electron chi connectivity index (χ1n) is 8.25. The molecule has 0 aliphatic carbocycles. The second-order valence-electron chi connectivity index (χ2n) is 5.87. The summed E-state index contributed by atoms with van der Waals surface area (Å²) < 4.78 is 33.9. The van der Waals surface area contributed by atoms with E-state index in [4.69, 9.17) is 21.4 Å². The summed E-state index contributed by atoms with van der Waals surface area (Å²) in [5, 5.41) is 9.17. The number of nitrogens with zero attached hydrogens (tertiary/aromatic N) is 1. The molecule has 0 amide bonds. The molecule has 0 radical (unpaired) electrons. The summed E-state index contributed by atoms with van der Waals surface area (Å²) >= 11 is 7.35. The van der Waals surface area contributed by atoms with Gasteiger partial charge in [-0.1, -0.05) is 23.4 Å². The van der Waals surface area contributed by atoms with Crippen molar-refractivity contribution in [1.82, 2.24) is 4.98 Å². The number of sulfonamides is 1. The molecule has 2 aromatic carbocycles. The predicted molar refractivity (Wildman–Crippen MR) is 112 cm³/mol. The summed E-state index contributed by atoms with van der Waals surface area (Å²) in [5.41, 5.74) is 2.96. The zero-order valence-corrected chi connectivity index (χ0v) is 17.4. The van der Waals surface area contributed by atoms with Gasteiger partial charge in [0.15, 0.2) is 6.10 Å². The third-order valence-corrected chi connectivity index (χ3v) is 6.21. The van der Waals surface area contributed by atoms with E-state index in [0.29, 0.717) is 10.6 Å². The van der Waals surface area contributed by atoms with E-state index < -0.39 is 22.1 Å². The quantitative estimate of drug-likeness (QED) is 0.556. The molecule has 0 saturated heterocycles. The normalized spacial score (nSPS) is 12.2. The molecule has 0 aliphatic heterocycles. The van der Waals surface area contributed by atoms with Crippen LogP contribution in [-0.2, 0) is 19.6 Å². The van der Waals surface area contributed by atoms with E-state index in [1.54, 1.807) is 23.7 Å². The number of fused-ring (bicyclic) bond motifs is 1. The van der Waals surface area contributed by atoms with Gasteiger partial charge < -0.3 is 9.84 Å². The van der Waals surface area contributed by atoms with Crippen LogP contribution in [0.5, 0.6) is 0 Å². The molecule has 0 fully saturated rings. The first-order chi connectivity index (χ1) is 13.8. The first-order valence-corrected chi connectivity index (χ1v) is 11.0. The van der Waals surface area contributed by atoms with Gasteiger partial charge in [-0.3, -0.25) is 4.72 Å². The Labute approximate surface area is 176 Å². The second-order valence-corrected chi connectivity index (χ2v) is 8.88. The Morgan fingerprint density at radius 3 is 2.90 bits per heavy atom. The van der Waals surface area contributed by atoms with E-state index in [-0.39, 0.29) is 17.2 Å². The molecule has 10 heteroatoms. The molecule has 0 saturated carbocycles. The van der Waals surface area contributed by atoms with Crippen LogP contribution in [-0.4, -0.2) is 37.2 Å². The Morgan fingerprint density at radius 2 is 2.14 bits per heavy atom. The highest BCUT2D eigenvalue weighted by molar-refractivity contribution is 7.92. The molecule has 3 rings (SSSR count). The lowest BCUT2D eigenvalue weighted by Crippen LogP contribution is -2.19. The van der Waals surface area contributed by atoms with Gasteiger partial charge in [0.1, 0.15) is 6.61 Å². The molecule has 0 bridgehead atoms. The van der Waals surface area contributed by atoms with Crippen LogP contribution in [0.1, 0.15) is 12.5 Å². The topological polar surface area (TPSA) is 106 Å². The van der Waals surface area contributed by atoms with Crippen LogP contribution >= 0.6 is 22.9 Å². The minimum absolute atomic E-state index is 0.0988. The van der Waals surface area contributed by atoms with Crippen molar-refractivity contribution in [3.05, 3.63) is 52.5 Å². The molecule has 3 aromatic rings. The van der Waals surface area contributed by atoms with E-state index in [0.717, 1.165) is 10.2 Å². The Hall–Kier alpha value is -2.64. The predicted octanol–water partition coefficient (Wildman–Crippen LogP) is 3.59. The van der Waals surface area contributed by atoms with Gasteiger partial charge in [0.05, 0.1) is 31.9 Å². The number of thiazole rings is 1. The molecule has 0 aliphatic rings. The summed E-state index contributed by atoms with van der Waals surface area (Å²) in [4.78, 5) is 15.0. The number of ether oxygens (including phenoxy) is 1. The van der Waals surface area contributed by atoms with Crippen molar-refractivity contribution in [3.8, 4) is 11.8 Å². The van der Waals surface area contributed by atoms with Crippen molar-refractivity contribution in [2.45, 2.75) is 17.9 Å². The van der Waals surface area contributed by atoms with Crippen molar-refractivity contribution in [2.24, 2.45) is 0 Å². The summed E-state index contributed by atoms with van der Waals surface area (Å²) in [7, 11) is -3.86. The highest BCUT2D eigenvalue weighted by atomic mass is 35.5. The minimum Gasteiger partial charge on any atom is -0.479 e. The molecule has 0 spiro atoms. The van der Waals surface area contributed by atoms with Crippen LogP contribution < -0.4 is 4.72 Å². The summed E-state index contributed by atoms with van der Waals surface area (Å²) in [6, 6.07) is 9.24. The number of anilines is 1. The number of carboxylic acids is 1. The fraction of sp³-hybridized carbons (Fsp3) is 0.158. The smallest absolute Gasteiger partial charge is 0.332 e. The largest absolute Gasteiger partial charge is 0.479 e. The second kappa shape index (κ2) is 8.80. The lowest BCUT2D eigenvalue weighted by Gasteiger charge is -2.10. The molecule has 1 atom stereocenters. The van der Waals surface area contributed by atoms with Crippen molar-refractivity contribution >= 4 is 54.8 Å². The van der Waals surface area contributed by atoms with Gasteiger partial charge in [-0.25, -0.2) is 18.2 Å². The Morgan fingerprint density at radius 1 is 1.34 bits per heavy atom. The lowest BCUT2D eigenvalue weighted by atomic mass is 10.2. The van der Waals surface area contributed by atoms with E-state index in [1.165, 1.54) is 36.5 Å². The molecule has 1 heterocycles. The number of aliphatic carboxylic acids is 1. The van der Waals surface area contributed by atoms with Crippen LogP contribution in [0.2, 0.25) is 5.02 Å². The van der Waals surface area contributed by atoms with Gasteiger partial charge in [0.2, 0.25) is 0 Å². The van der Waals surface area contributed by atoms with Crippen molar-refractivity contribution in [1.29, 1.82) is 0 Å². The fourth-order valence-electron chi connectivity index (χ4n) is 2.28. The van der Waals surface area contributed by atoms with Gasteiger partial charge in [0.25, 0.3) is 10.0 Å². The highest BCUT2D eigenvalue weighted by Gasteiger charge is 2.17. The fourth-order valence-corrected chi connectivity index (χ4v) is 4.35. The van der Waals surface area contributed by atoms with E-state index >= 15 is 0 Å². The average molecular weight is 451 g/mol. The summed E-state index contributed by atoms with van der Waals surface area (Å²) in [6.07, 6.45) is -0.997. The standard InChI is InChI=1S/C19H15ClN2O5S2/c1-12(19(23)24)27-8-2-3-13-9-14(20)4-6-16(13)22-29(25,26)15-5-7-17-18(10-15)28-11-21-17/h4-7,9-12,22H,8H2,1H3,(H,23,24). The number of hydrogen-bond acceptors (Lipinski definition) is 6. The summed E-state index contributed by atoms with van der Waals surface area (Å²) in [5.74, 6) is 4.33. The maximum Gasteiger partial charge on any atom is 0.332 e. The molecular weight excluding hydrogens is 436 g/mol. The molecule has 150 valence electrons. The number of nitrogens with one attached hydrogen (secondary N) is 1. The Bertz CT molecular complexity index is 1230. The van der Waals surface area contributed by atoms with Crippen molar-refractivity contribution in [3.63, 3.8) is 0 Å². The van der Waals surface area contributed by atoms with Crippen LogP contribution in [0.3, 0.4) is 0 Å². The monoisotopic (exact) mass is 450 g/mol. The zero-order chi connectivity index (χ0) is 21.0. The number of rotatable bonds is 6. The highest BCUT2D eigenvalue weighted by Crippen LogP contribution is 2.26. The number of hydrogen-bond donors (Lipinski definition) is 2. The first kappa shape index (κ1) is 21.1. The lowest BCUT2D eigenvalue weighted by molar-refractivity contribution is -0.148. The molecule has 29 heavy (non-hydrogen) atoms. The molecule has 7 nitrogen and oxygen atoms in total. The van der Waals surface area contributed by atoms with E-state index in [9.17, 15) is 13.2 Å². The molecule has 1 unspecified atom stereocenters. The number of halogens is 1. The Kier molecular flexibility index (Phi) is 6.39. The van der Waals surface area contributed by atoms with Gasteiger partial charge in [0, 0.05) is 5.02 Å². The number of carboxylic acid groups (broad SMARTS) is 1. The van der Waals surface area contributed by atoms with E-state index in [2.05, 4.69) is 21.5 Å². The van der Waals surface area contributed by atoms with Crippen molar-refractivity contribution in [2.75, 3.05) is 11.3 Å². The molecule has 2 N–H and O–H groups in total. The SMILES string of the molecule is CC(OCC#Cc1cc(Cl)ccc1NS(=O)(=O)c1ccc2ncsc2c1)C(=O)O. The molecular formula is C19H15ClN2O5S2. The van der Waals surface area contributed by atoms with Crippen LogP contribution in [0.25, 0.3) is 10.2 Å². The van der Waals surface area contributed by atoms with E-state index in [1.807, 2.05) is 0 Å². The van der Waals surface area contributed by atoms with Gasteiger partial charge in [-0.15, -0.1) is 11.3 Å². The van der Waals surface area contributed by atoms with Crippen LogP contribution in [0.15, 0.2) is 46.8 Å². The maximum atomic E-state index is 12.8. The maximum absolute atomic E-state index is 12.8. The van der Waals surface area contributed by atoms with Gasteiger partial charge in [-0.2, -0.15) is 0 Å². The summed E-state index contributed by atoms with van der Waals surface area (Å²) in [6.45, 7) is 1.26. The Balaban J connectivity index is 1.84. The number of aromatic nitrogens is 1. The third-order valence-electron chi connectivity index (χ3n) is 3.82. The van der Waals surface area contributed by atoms with Crippen LogP contribution in [0, 0.1) is 11.8 Å². The van der Waals surface area contributed by atoms with Gasteiger partial charge in [-0.05, 0) is 43.3 Å². The van der Waals surface area contributed by atoms with Crippen molar-refractivity contribution < 1.29 is 23.1 Å².